The van der Waals surface area contributed by atoms with Gasteiger partial charge in [0.05, 0.1) is 12.6 Å². The summed E-state index contributed by atoms with van der Waals surface area (Å²) in [6.45, 7) is 3.54. The fourth-order valence-electron chi connectivity index (χ4n) is 2.61. The minimum Gasteiger partial charge on any atom is -0.339 e. The molecule has 20 heavy (non-hydrogen) atoms. The Hall–Kier alpha value is -1.96. The molecule has 108 valence electrons. The molecule has 0 bridgehead atoms. The molecule has 1 aliphatic heterocycles. The van der Waals surface area contributed by atoms with Crippen molar-refractivity contribution in [2.75, 3.05) is 6.54 Å². The van der Waals surface area contributed by atoms with Crippen LogP contribution < -0.4 is 5.69 Å². The number of aromatic amines is 2. The van der Waals surface area contributed by atoms with E-state index in [1.165, 1.54) is 0 Å². The molecule has 1 aliphatic rings. The molecule has 0 radical (unpaired) electrons. The number of aryl methyl sites for hydroxylation is 1. The minimum absolute atomic E-state index is 0.103. The Kier molecular flexibility index (Phi) is 3.64. The van der Waals surface area contributed by atoms with Gasteiger partial charge in [-0.25, -0.2) is 9.89 Å². The lowest BCUT2D eigenvalue weighted by molar-refractivity contribution is 0.129. The molecule has 2 N–H and O–H groups in total. The van der Waals surface area contributed by atoms with Gasteiger partial charge in [-0.1, -0.05) is 18.5 Å². The third kappa shape index (κ3) is 2.64. The summed E-state index contributed by atoms with van der Waals surface area (Å²) in [6, 6.07) is 0.103. The smallest absolute Gasteiger partial charge is 0.339 e. The lowest BCUT2D eigenvalue weighted by Crippen LogP contribution is -2.34. The molecule has 0 amide bonds. The predicted octanol–water partition coefficient (Wildman–Crippen LogP) is 0.771. The van der Waals surface area contributed by atoms with Crippen molar-refractivity contribution >= 4 is 0 Å². The maximum Gasteiger partial charge on any atom is 0.340 e. The maximum atomic E-state index is 11.2. The second kappa shape index (κ2) is 5.58. The number of aromatic nitrogens is 5. The van der Waals surface area contributed by atoms with E-state index in [1.54, 1.807) is 0 Å². The largest absolute Gasteiger partial charge is 0.340 e. The molecule has 0 spiro atoms. The Balaban J connectivity index is 1.76. The van der Waals surface area contributed by atoms with Crippen LogP contribution in [0.4, 0.5) is 0 Å². The van der Waals surface area contributed by atoms with Gasteiger partial charge in [0.2, 0.25) is 5.89 Å². The van der Waals surface area contributed by atoms with Gasteiger partial charge in [0.25, 0.3) is 0 Å². The topological polar surface area (TPSA) is 104 Å². The van der Waals surface area contributed by atoms with E-state index >= 15 is 0 Å². The molecule has 8 heteroatoms. The van der Waals surface area contributed by atoms with Gasteiger partial charge in [-0.05, 0) is 19.4 Å². The number of likely N-dealkylation sites (tertiary alicyclic amines) is 1. The number of H-pyrrole nitrogens is 2. The van der Waals surface area contributed by atoms with E-state index in [2.05, 4.69) is 30.2 Å². The highest BCUT2D eigenvalue weighted by Crippen LogP contribution is 2.29. The monoisotopic (exact) mass is 278 g/mol. The highest BCUT2D eigenvalue weighted by molar-refractivity contribution is 4.97. The van der Waals surface area contributed by atoms with Gasteiger partial charge in [0, 0.05) is 6.42 Å². The first kappa shape index (κ1) is 13.0. The summed E-state index contributed by atoms with van der Waals surface area (Å²) < 4.78 is 5.13. The Morgan fingerprint density at radius 2 is 2.35 bits per heavy atom. The van der Waals surface area contributed by atoms with Gasteiger partial charge in [-0.2, -0.15) is 10.1 Å². The van der Waals surface area contributed by atoms with Crippen molar-refractivity contribution in [1.29, 1.82) is 0 Å². The van der Waals surface area contributed by atoms with E-state index in [0.717, 1.165) is 32.2 Å². The Morgan fingerprint density at radius 1 is 1.45 bits per heavy atom. The van der Waals surface area contributed by atoms with Gasteiger partial charge >= 0.3 is 5.69 Å². The molecule has 1 saturated heterocycles. The van der Waals surface area contributed by atoms with E-state index in [1.807, 2.05) is 6.92 Å². The van der Waals surface area contributed by atoms with Crippen LogP contribution in [0.25, 0.3) is 0 Å². The van der Waals surface area contributed by atoms with E-state index < -0.39 is 0 Å². The molecule has 2 aromatic heterocycles. The number of nitrogens with one attached hydrogen (secondary N) is 2. The Bertz CT molecular complexity index is 615. The average Bonchev–Trinajstić information content (AvgIpc) is 3.08. The number of hydrogen-bond donors (Lipinski definition) is 2. The van der Waals surface area contributed by atoms with Crippen LogP contribution in [0.2, 0.25) is 0 Å². The third-order valence-electron chi connectivity index (χ3n) is 3.61. The Labute approximate surface area is 115 Å². The van der Waals surface area contributed by atoms with Crippen LogP contribution in [-0.2, 0) is 13.0 Å². The zero-order valence-corrected chi connectivity index (χ0v) is 11.4. The maximum absolute atomic E-state index is 11.2. The normalized spacial score (nSPS) is 20.4. The van der Waals surface area contributed by atoms with Gasteiger partial charge in [0.15, 0.2) is 5.82 Å². The van der Waals surface area contributed by atoms with Crippen LogP contribution in [0, 0.1) is 0 Å². The molecule has 1 fully saturated rings. The fraction of sp³-hybridized carbons (Fsp3) is 0.667. The average molecular weight is 278 g/mol. The first-order chi connectivity index (χ1) is 9.76. The van der Waals surface area contributed by atoms with Crippen LogP contribution in [0.15, 0.2) is 9.32 Å². The molecule has 0 unspecified atom stereocenters. The molecular weight excluding hydrogens is 260 g/mol. The number of piperidine rings is 1. The summed E-state index contributed by atoms with van der Waals surface area (Å²) in [5.74, 6) is 2.03. The molecule has 1 atom stereocenters. The summed E-state index contributed by atoms with van der Waals surface area (Å²) >= 11 is 0. The van der Waals surface area contributed by atoms with Crippen LogP contribution in [0.1, 0.15) is 49.8 Å². The van der Waals surface area contributed by atoms with Gasteiger partial charge in [-0.15, -0.1) is 0 Å². The molecule has 0 aromatic carbocycles. The van der Waals surface area contributed by atoms with Crippen molar-refractivity contribution in [2.24, 2.45) is 0 Å². The van der Waals surface area contributed by atoms with Gasteiger partial charge in [-0.3, -0.25) is 9.88 Å². The van der Waals surface area contributed by atoms with Crippen LogP contribution in [0.5, 0.6) is 0 Å². The number of nitrogens with zero attached hydrogens (tertiary/aromatic N) is 4. The quantitative estimate of drug-likeness (QED) is 0.856. The van der Waals surface area contributed by atoms with E-state index in [4.69, 9.17) is 4.52 Å². The van der Waals surface area contributed by atoms with Crippen molar-refractivity contribution in [3.05, 3.63) is 28.0 Å². The molecule has 0 saturated carbocycles. The number of rotatable bonds is 4. The zero-order valence-electron chi connectivity index (χ0n) is 11.4. The SMILES string of the molecule is CCc1nc(CN2CCCC[C@@H]2c2n[nH]c(=O)[nH]2)no1. The van der Waals surface area contributed by atoms with Crippen molar-refractivity contribution in [2.45, 2.75) is 45.2 Å². The van der Waals surface area contributed by atoms with E-state index in [9.17, 15) is 4.79 Å². The Morgan fingerprint density at radius 3 is 3.05 bits per heavy atom. The van der Waals surface area contributed by atoms with Crippen molar-refractivity contribution in [3.63, 3.8) is 0 Å². The number of hydrogen-bond acceptors (Lipinski definition) is 6. The first-order valence-electron chi connectivity index (χ1n) is 6.96. The summed E-state index contributed by atoms with van der Waals surface area (Å²) in [5.41, 5.74) is -0.265. The van der Waals surface area contributed by atoms with Gasteiger partial charge in [0.1, 0.15) is 5.82 Å². The van der Waals surface area contributed by atoms with Gasteiger partial charge < -0.3 is 4.52 Å². The van der Waals surface area contributed by atoms with Crippen molar-refractivity contribution in [1.82, 2.24) is 30.2 Å². The molecule has 0 aliphatic carbocycles. The predicted molar refractivity (Wildman–Crippen MR) is 69.9 cm³/mol. The summed E-state index contributed by atoms with van der Waals surface area (Å²) in [6.07, 6.45) is 3.97. The highest BCUT2D eigenvalue weighted by Gasteiger charge is 2.27. The minimum atomic E-state index is -0.265. The lowest BCUT2D eigenvalue weighted by atomic mass is 10.0. The third-order valence-corrected chi connectivity index (χ3v) is 3.61. The van der Waals surface area contributed by atoms with Crippen molar-refractivity contribution in [3.8, 4) is 0 Å². The van der Waals surface area contributed by atoms with E-state index in [-0.39, 0.29) is 11.7 Å². The zero-order chi connectivity index (χ0) is 13.9. The van der Waals surface area contributed by atoms with Crippen molar-refractivity contribution < 1.29 is 4.52 Å². The van der Waals surface area contributed by atoms with Crippen LogP contribution in [-0.4, -0.2) is 36.8 Å². The summed E-state index contributed by atoms with van der Waals surface area (Å²) in [5, 5.41) is 10.5. The van der Waals surface area contributed by atoms with Crippen LogP contribution >= 0.6 is 0 Å². The molecule has 8 nitrogen and oxygen atoms in total. The first-order valence-corrected chi connectivity index (χ1v) is 6.96. The summed E-state index contributed by atoms with van der Waals surface area (Å²) in [7, 11) is 0. The lowest BCUT2D eigenvalue weighted by Gasteiger charge is -2.33. The molecule has 3 rings (SSSR count). The molecule has 2 aromatic rings. The summed E-state index contributed by atoms with van der Waals surface area (Å²) in [4.78, 5) is 20.5. The molecular formula is C12H18N6O2. The van der Waals surface area contributed by atoms with E-state index in [0.29, 0.717) is 24.1 Å². The second-order valence-electron chi connectivity index (χ2n) is 5.00. The molecule has 3 heterocycles. The second-order valence-corrected chi connectivity index (χ2v) is 5.00. The standard InChI is InChI=1S/C12H18N6O2/c1-2-10-13-9(17-20-10)7-18-6-4-3-5-8(18)11-14-12(19)16-15-11/h8H,2-7H2,1H3,(H2,14,15,16,19)/t8-/m1/s1. The van der Waals surface area contributed by atoms with Crippen LogP contribution in [0.3, 0.4) is 0 Å². The fourth-order valence-corrected chi connectivity index (χ4v) is 2.61. The highest BCUT2D eigenvalue weighted by atomic mass is 16.5.